The maximum absolute atomic E-state index is 11.1. The summed E-state index contributed by atoms with van der Waals surface area (Å²) in [6.45, 7) is 0.665. The van der Waals surface area contributed by atoms with Crippen LogP contribution in [0.1, 0.15) is 0 Å². The zero-order chi connectivity index (χ0) is 10.9. The minimum Gasteiger partial charge on any atom is -0.383 e. The van der Waals surface area contributed by atoms with Crippen molar-refractivity contribution in [3.05, 3.63) is 10.4 Å². The van der Waals surface area contributed by atoms with Crippen molar-refractivity contribution in [3.8, 4) is 0 Å². The Morgan fingerprint density at radius 2 is 2.07 bits per heavy atom. The van der Waals surface area contributed by atoms with Gasteiger partial charge >= 0.3 is 0 Å². The van der Waals surface area contributed by atoms with Crippen LogP contribution in [0, 0.1) is 0 Å². The second-order valence-corrected chi connectivity index (χ2v) is 3.82. The SMILES string of the molecule is COCCNS(=O)(=O)NCCN=[N+]=[N-]. The molecule has 2 N–H and O–H groups in total. The lowest BCUT2D eigenvalue weighted by Crippen LogP contribution is -2.39. The van der Waals surface area contributed by atoms with Gasteiger partial charge in [0.1, 0.15) is 0 Å². The van der Waals surface area contributed by atoms with Crippen LogP contribution in [0.4, 0.5) is 0 Å². The molecule has 0 aliphatic rings. The van der Waals surface area contributed by atoms with E-state index < -0.39 is 10.2 Å². The molecule has 0 aromatic carbocycles. The first-order valence-electron chi connectivity index (χ1n) is 3.86. The van der Waals surface area contributed by atoms with E-state index in [0.29, 0.717) is 6.61 Å². The molecular weight excluding hydrogens is 210 g/mol. The quantitative estimate of drug-likeness (QED) is 0.247. The van der Waals surface area contributed by atoms with Gasteiger partial charge in [-0.1, -0.05) is 5.11 Å². The van der Waals surface area contributed by atoms with Crippen molar-refractivity contribution in [1.82, 2.24) is 9.44 Å². The minimum absolute atomic E-state index is 0.0758. The van der Waals surface area contributed by atoms with Gasteiger partial charge in [0.05, 0.1) is 6.61 Å². The molecule has 0 bridgehead atoms. The van der Waals surface area contributed by atoms with Crippen molar-refractivity contribution >= 4 is 10.2 Å². The molecule has 0 saturated carbocycles. The highest BCUT2D eigenvalue weighted by Crippen LogP contribution is 1.77. The van der Waals surface area contributed by atoms with Crippen LogP contribution < -0.4 is 9.44 Å². The maximum atomic E-state index is 11.1. The first-order valence-corrected chi connectivity index (χ1v) is 5.35. The summed E-state index contributed by atoms with van der Waals surface area (Å²) in [5.74, 6) is 0. The number of rotatable bonds is 8. The van der Waals surface area contributed by atoms with Crippen molar-refractivity contribution in [2.24, 2.45) is 5.11 Å². The molecule has 14 heavy (non-hydrogen) atoms. The highest BCUT2D eigenvalue weighted by molar-refractivity contribution is 7.87. The first-order chi connectivity index (χ1) is 6.62. The number of methoxy groups -OCH3 is 1. The molecule has 0 aromatic heterocycles. The Hall–Kier alpha value is -0.860. The van der Waals surface area contributed by atoms with Crippen LogP contribution >= 0.6 is 0 Å². The molecule has 9 heteroatoms. The number of nitrogens with zero attached hydrogens (tertiary/aromatic N) is 3. The first kappa shape index (κ1) is 13.1. The summed E-state index contributed by atoms with van der Waals surface area (Å²) in [6.07, 6.45) is 0. The van der Waals surface area contributed by atoms with Crippen LogP contribution in [0.3, 0.4) is 0 Å². The minimum atomic E-state index is -3.50. The molecule has 0 atom stereocenters. The highest BCUT2D eigenvalue weighted by atomic mass is 32.2. The molecule has 0 rings (SSSR count). The fraction of sp³-hybridized carbons (Fsp3) is 1.00. The van der Waals surface area contributed by atoms with Gasteiger partial charge in [0.15, 0.2) is 0 Å². The number of ether oxygens (including phenoxy) is 1. The lowest BCUT2D eigenvalue weighted by atomic mass is 10.7. The zero-order valence-corrected chi connectivity index (χ0v) is 8.62. The number of azide groups is 1. The molecule has 0 spiro atoms. The van der Waals surface area contributed by atoms with Crippen molar-refractivity contribution in [2.45, 2.75) is 0 Å². The Bertz CT molecular complexity index is 284. The van der Waals surface area contributed by atoms with Gasteiger partial charge in [-0.05, 0) is 5.53 Å². The van der Waals surface area contributed by atoms with Gasteiger partial charge in [-0.3, -0.25) is 0 Å². The topological polar surface area (TPSA) is 116 Å². The smallest absolute Gasteiger partial charge is 0.276 e. The molecule has 0 aliphatic heterocycles. The third kappa shape index (κ3) is 7.77. The van der Waals surface area contributed by atoms with Crippen molar-refractivity contribution < 1.29 is 13.2 Å². The summed E-state index contributed by atoms with van der Waals surface area (Å²) in [4.78, 5) is 2.48. The van der Waals surface area contributed by atoms with Gasteiger partial charge in [-0.25, -0.2) is 4.72 Å². The van der Waals surface area contributed by atoms with Gasteiger partial charge in [-0.2, -0.15) is 13.1 Å². The molecule has 0 aliphatic carbocycles. The summed E-state index contributed by atoms with van der Waals surface area (Å²) in [6, 6.07) is 0. The second kappa shape index (κ2) is 7.54. The summed E-state index contributed by atoms with van der Waals surface area (Å²) >= 11 is 0. The van der Waals surface area contributed by atoms with Crippen LogP contribution in [-0.2, 0) is 14.9 Å². The van der Waals surface area contributed by atoms with Gasteiger partial charge in [0, 0.05) is 31.7 Å². The number of nitrogens with one attached hydrogen (secondary N) is 2. The van der Waals surface area contributed by atoms with E-state index in [1.54, 1.807) is 0 Å². The number of hydrogen-bond donors (Lipinski definition) is 2. The molecule has 0 radical (unpaired) electrons. The molecule has 0 amide bonds. The molecule has 0 heterocycles. The number of hydrogen-bond acceptors (Lipinski definition) is 4. The van der Waals surface area contributed by atoms with Crippen molar-refractivity contribution in [3.63, 3.8) is 0 Å². The fourth-order valence-corrected chi connectivity index (χ4v) is 1.42. The largest absolute Gasteiger partial charge is 0.383 e. The van der Waals surface area contributed by atoms with E-state index in [-0.39, 0.29) is 19.6 Å². The Kier molecular flexibility index (Phi) is 7.07. The molecule has 0 saturated heterocycles. The van der Waals surface area contributed by atoms with Gasteiger partial charge in [0.25, 0.3) is 10.2 Å². The molecule has 0 fully saturated rings. The molecule has 0 aromatic rings. The van der Waals surface area contributed by atoms with Gasteiger partial charge < -0.3 is 4.74 Å². The molecule has 0 unspecified atom stereocenters. The lowest BCUT2D eigenvalue weighted by molar-refractivity contribution is 0.204. The Morgan fingerprint density at radius 1 is 1.43 bits per heavy atom. The third-order valence-corrected chi connectivity index (χ3v) is 2.33. The van der Waals surface area contributed by atoms with E-state index in [4.69, 9.17) is 5.53 Å². The normalized spacial score (nSPS) is 10.9. The lowest BCUT2D eigenvalue weighted by Gasteiger charge is -2.05. The maximum Gasteiger partial charge on any atom is 0.276 e. The van der Waals surface area contributed by atoms with Crippen LogP contribution in [0.5, 0.6) is 0 Å². The van der Waals surface area contributed by atoms with Gasteiger partial charge in [0.2, 0.25) is 0 Å². The zero-order valence-electron chi connectivity index (χ0n) is 7.80. The van der Waals surface area contributed by atoms with E-state index in [1.807, 2.05) is 0 Å². The third-order valence-electron chi connectivity index (χ3n) is 1.17. The molecular formula is C5H13N5O3S. The van der Waals surface area contributed by atoms with E-state index >= 15 is 0 Å². The average Bonchev–Trinajstić information content (AvgIpc) is 2.13. The van der Waals surface area contributed by atoms with E-state index in [1.165, 1.54) is 7.11 Å². The van der Waals surface area contributed by atoms with E-state index in [0.717, 1.165) is 0 Å². The van der Waals surface area contributed by atoms with E-state index in [2.05, 4.69) is 24.2 Å². The van der Waals surface area contributed by atoms with Crippen molar-refractivity contribution in [1.29, 1.82) is 0 Å². The molecule has 82 valence electrons. The predicted molar refractivity (Wildman–Crippen MR) is 50.8 cm³/mol. The highest BCUT2D eigenvalue weighted by Gasteiger charge is 2.06. The monoisotopic (exact) mass is 223 g/mol. The van der Waals surface area contributed by atoms with Crippen LogP contribution in [0.2, 0.25) is 0 Å². The summed E-state index contributed by atoms with van der Waals surface area (Å²) in [5.41, 5.74) is 7.92. The summed E-state index contributed by atoms with van der Waals surface area (Å²) in [7, 11) is -2.02. The van der Waals surface area contributed by atoms with Crippen molar-refractivity contribution in [2.75, 3.05) is 33.4 Å². The summed E-state index contributed by atoms with van der Waals surface area (Å²) < 4.78 is 31.2. The standard InChI is InChI=1S/C5H13N5O3S/c1-13-5-4-9-14(11,12)8-3-2-7-10-6/h8-9H,2-5H2,1H3. The Morgan fingerprint density at radius 3 is 2.64 bits per heavy atom. The molecule has 8 nitrogen and oxygen atoms in total. The second-order valence-electron chi connectivity index (χ2n) is 2.24. The van der Waals surface area contributed by atoms with Crippen LogP contribution in [0.15, 0.2) is 5.11 Å². The van der Waals surface area contributed by atoms with Gasteiger partial charge in [-0.15, -0.1) is 0 Å². The van der Waals surface area contributed by atoms with Crippen LogP contribution in [-0.4, -0.2) is 41.8 Å². The fourth-order valence-electron chi connectivity index (χ4n) is 0.604. The Labute approximate surface area is 82.4 Å². The van der Waals surface area contributed by atoms with E-state index in [9.17, 15) is 8.42 Å². The van der Waals surface area contributed by atoms with Crippen LogP contribution in [0.25, 0.3) is 10.4 Å². The summed E-state index contributed by atoms with van der Waals surface area (Å²) in [5, 5.41) is 3.17. The predicted octanol–water partition coefficient (Wildman–Crippen LogP) is -0.633. The average molecular weight is 223 g/mol. The Balaban J connectivity index is 3.67.